The van der Waals surface area contributed by atoms with Gasteiger partial charge < -0.3 is 15.0 Å². The first-order valence-electron chi connectivity index (χ1n) is 5.50. The molecule has 0 saturated carbocycles. The van der Waals surface area contributed by atoms with Gasteiger partial charge in [-0.1, -0.05) is 23.2 Å². The van der Waals surface area contributed by atoms with Crippen LogP contribution in [-0.4, -0.2) is 9.55 Å². The Morgan fingerprint density at radius 2 is 2.05 bits per heavy atom. The number of hydrogen-bond donors (Lipinski definition) is 1. The van der Waals surface area contributed by atoms with E-state index in [0.717, 1.165) is 0 Å². The molecule has 0 bridgehead atoms. The van der Waals surface area contributed by atoms with Crippen LogP contribution in [0.3, 0.4) is 0 Å². The lowest BCUT2D eigenvalue weighted by Gasteiger charge is -2.09. The van der Waals surface area contributed by atoms with Crippen molar-refractivity contribution in [3.05, 3.63) is 44.9 Å². The minimum absolute atomic E-state index is 0.0607. The second-order valence-corrected chi connectivity index (χ2v) is 4.54. The van der Waals surface area contributed by atoms with Gasteiger partial charge in [0.15, 0.2) is 5.75 Å². The predicted molar refractivity (Wildman–Crippen MR) is 75.1 cm³/mol. The van der Waals surface area contributed by atoms with Gasteiger partial charge in [-0.15, -0.1) is 0 Å². The maximum Gasteiger partial charge on any atom is 0.313 e. The normalized spacial score (nSPS) is 10.5. The summed E-state index contributed by atoms with van der Waals surface area (Å²) < 4.78 is 6.87. The van der Waals surface area contributed by atoms with Crippen LogP contribution in [0.1, 0.15) is 6.92 Å². The Morgan fingerprint density at radius 3 is 2.74 bits per heavy atom. The van der Waals surface area contributed by atoms with Crippen molar-refractivity contribution < 1.29 is 4.74 Å². The van der Waals surface area contributed by atoms with Crippen molar-refractivity contribution in [1.82, 2.24) is 9.55 Å². The Morgan fingerprint density at radius 1 is 1.37 bits per heavy atom. The van der Waals surface area contributed by atoms with Crippen molar-refractivity contribution in [3.63, 3.8) is 0 Å². The van der Waals surface area contributed by atoms with E-state index >= 15 is 0 Å². The first-order valence-corrected chi connectivity index (χ1v) is 6.26. The molecule has 1 aromatic carbocycles. The first kappa shape index (κ1) is 13.7. The second kappa shape index (κ2) is 5.50. The maximum absolute atomic E-state index is 11.9. The minimum Gasteiger partial charge on any atom is -0.432 e. The molecule has 0 fully saturated rings. The van der Waals surface area contributed by atoms with E-state index in [1.165, 1.54) is 22.9 Å². The number of benzene rings is 1. The molecular formula is C12H11Cl2N3O2. The summed E-state index contributed by atoms with van der Waals surface area (Å²) in [5.74, 6) is 0.183. The summed E-state index contributed by atoms with van der Waals surface area (Å²) in [6.45, 7) is 2.37. The Kier molecular flexibility index (Phi) is 3.97. The number of rotatable bonds is 3. The largest absolute Gasteiger partial charge is 0.432 e. The molecule has 0 aliphatic carbocycles. The Balaban J connectivity index is 2.42. The van der Waals surface area contributed by atoms with Gasteiger partial charge in [-0.25, -0.2) is 4.98 Å². The maximum atomic E-state index is 11.9. The highest BCUT2D eigenvalue weighted by molar-refractivity contribution is 6.42. The number of ether oxygens (including phenoxy) is 1. The zero-order valence-corrected chi connectivity index (χ0v) is 11.6. The molecular weight excluding hydrogens is 289 g/mol. The SMILES string of the molecule is CCn1ccnc(Oc2cc(Cl)c(Cl)cc2N)c1=O. The molecule has 0 unspecified atom stereocenters. The summed E-state index contributed by atoms with van der Waals surface area (Å²) in [5, 5.41) is 0.608. The number of aryl methyl sites for hydroxylation is 1. The molecule has 2 rings (SSSR count). The Hall–Kier alpha value is -1.72. The predicted octanol–water partition coefficient (Wildman–Crippen LogP) is 2.94. The standard InChI is InChI=1S/C12H11Cl2N3O2/c1-2-17-4-3-16-11(12(17)18)19-10-6-8(14)7(13)5-9(10)15/h3-6H,2,15H2,1H3. The molecule has 2 N–H and O–H groups in total. The number of halogens is 2. The molecule has 1 heterocycles. The van der Waals surface area contributed by atoms with Crippen LogP contribution < -0.4 is 16.0 Å². The van der Waals surface area contributed by atoms with Crippen LogP contribution in [0, 0.1) is 0 Å². The monoisotopic (exact) mass is 299 g/mol. The van der Waals surface area contributed by atoms with Crippen molar-refractivity contribution in [2.24, 2.45) is 0 Å². The van der Waals surface area contributed by atoms with Gasteiger partial charge in [-0.2, -0.15) is 0 Å². The van der Waals surface area contributed by atoms with Gasteiger partial charge in [0.2, 0.25) is 0 Å². The van der Waals surface area contributed by atoms with Crippen LogP contribution in [0.2, 0.25) is 10.0 Å². The summed E-state index contributed by atoms with van der Waals surface area (Å²) in [5.41, 5.74) is 5.70. The van der Waals surface area contributed by atoms with E-state index in [1.807, 2.05) is 6.92 Å². The highest BCUT2D eigenvalue weighted by Crippen LogP contribution is 2.33. The fraction of sp³-hybridized carbons (Fsp3) is 0.167. The van der Waals surface area contributed by atoms with Gasteiger partial charge in [0.05, 0.1) is 15.7 Å². The zero-order chi connectivity index (χ0) is 14.0. The van der Waals surface area contributed by atoms with Gasteiger partial charge >= 0.3 is 5.56 Å². The topological polar surface area (TPSA) is 70.1 Å². The molecule has 100 valence electrons. The number of nitrogens with zero attached hydrogens (tertiary/aromatic N) is 2. The van der Waals surface area contributed by atoms with Crippen LogP contribution in [0.5, 0.6) is 11.6 Å². The Bertz CT molecular complexity index is 671. The zero-order valence-electron chi connectivity index (χ0n) is 10.1. The van der Waals surface area contributed by atoms with Crippen LogP contribution >= 0.6 is 23.2 Å². The number of hydrogen-bond acceptors (Lipinski definition) is 4. The van der Waals surface area contributed by atoms with Crippen molar-refractivity contribution in [1.29, 1.82) is 0 Å². The lowest BCUT2D eigenvalue weighted by molar-refractivity contribution is 0.447. The van der Waals surface area contributed by atoms with E-state index in [2.05, 4.69) is 4.98 Å². The minimum atomic E-state index is -0.338. The molecule has 0 aliphatic heterocycles. The fourth-order valence-corrected chi connectivity index (χ4v) is 1.81. The molecule has 1 aromatic heterocycles. The quantitative estimate of drug-likeness (QED) is 0.885. The average molecular weight is 300 g/mol. The third kappa shape index (κ3) is 2.83. The molecule has 0 spiro atoms. The van der Waals surface area contributed by atoms with Gasteiger partial charge in [-0.3, -0.25) is 4.79 Å². The number of aromatic nitrogens is 2. The molecule has 5 nitrogen and oxygen atoms in total. The van der Waals surface area contributed by atoms with Gasteiger partial charge in [0.25, 0.3) is 5.88 Å². The van der Waals surface area contributed by atoms with Crippen LogP contribution in [0.4, 0.5) is 5.69 Å². The van der Waals surface area contributed by atoms with E-state index in [-0.39, 0.29) is 27.9 Å². The lowest BCUT2D eigenvalue weighted by atomic mass is 10.3. The number of nitrogen functional groups attached to an aromatic ring is 1. The summed E-state index contributed by atoms with van der Waals surface area (Å²) in [6, 6.07) is 2.91. The molecule has 0 saturated heterocycles. The van der Waals surface area contributed by atoms with Crippen molar-refractivity contribution in [2.75, 3.05) is 5.73 Å². The molecule has 7 heteroatoms. The lowest BCUT2D eigenvalue weighted by Crippen LogP contribution is -2.20. The molecule has 0 atom stereocenters. The summed E-state index contributed by atoms with van der Waals surface area (Å²) in [6.07, 6.45) is 3.06. The fourth-order valence-electron chi connectivity index (χ4n) is 1.48. The third-order valence-electron chi connectivity index (χ3n) is 2.48. The summed E-state index contributed by atoms with van der Waals surface area (Å²) >= 11 is 11.7. The van der Waals surface area contributed by atoms with Gasteiger partial charge in [0.1, 0.15) is 0 Å². The van der Waals surface area contributed by atoms with E-state index < -0.39 is 0 Å². The highest BCUT2D eigenvalue weighted by Gasteiger charge is 2.11. The van der Waals surface area contributed by atoms with E-state index in [0.29, 0.717) is 11.6 Å². The highest BCUT2D eigenvalue weighted by atomic mass is 35.5. The Labute approximate surface area is 119 Å². The smallest absolute Gasteiger partial charge is 0.313 e. The summed E-state index contributed by atoms with van der Waals surface area (Å²) in [7, 11) is 0. The van der Waals surface area contributed by atoms with E-state index in [4.69, 9.17) is 33.7 Å². The summed E-state index contributed by atoms with van der Waals surface area (Å²) in [4.78, 5) is 15.8. The van der Waals surface area contributed by atoms with Crippen molar-refractivity contribution in [2.45, 2.75) is 13.5 Å². The first-order chi connectivity index (χ1) is 9.02. The molecule has 0 radical (unpaired) electrons. The number of nitrogens with two attached hydrogens (primary N) is 1. The van der Waals surface area contributed by atoms with E-state index in [9.17, 15) is 4.79 Å². The third-order valence-corrected chi connectivity index (χ3v) is 3.20. The van der Waals surface area contributed by atoms with E-state index in [1.54, 1.807) is 6.20 Å². The molecule has 19 heavy (non-hydrogen) atoms. The van der Waals surface area contributed by atoms with Crippen LogP contribution in [0.25, 0.3) is 0 Å². The van der Waals surface area contributed by atoms with Crippen LogP contribution in [0.15, 0.2) is 29.3 Å². The molecule has 0 amide bonds. The van der Waals surface area contributed by atoms with Gasteiger partial charge in [-0.05, 0) is 13.0 Å². The van der Waals surface area contributed by atoms with Crippen molar-refractivity contribution in [3.8, 4) is 11.6 Å². The molecule has 2 aromatic rings. The second-order valence-electron chi connectivity index (χ2n) is 3.73. The van der Waals surface area contributed by atoms with Gasteiger partial charge in [0, 0.05) is 25.0 Å². The average Bonchev–Trinajstić information content (AvgIpc) is 2.38. The van der Waals surface area contributed by atoms with Crippen molar-refractivity contribution >= 4 is 28.9 Å². The number of anilines is 1. The molecule has 0 aliphatic rings. The van der Waals surface area contributed by atoms with Crippen LogP contribution in [-0.2, 0) is 6.54 Å².